The molecule has 26 heavy (non-hydrogen) atoms. The highest BCUT2D eigenvalue weighted by atomic mass is 16.5. The highest BCUT2D eigenvalue weighted by Gasteiger charge is 2.43. The van der Waals surface area contributed by atoms with Gasteiger partial charge in [0.25, 0.3) is 5.91 Å². The minimum atomic E-state index is -0.758. The zero-order chi connectivity index (χ0) is 19.4. The molecule has 0 spiro atoms. The maximum atomic E-state index is 12.7. The zero-order valence-corrected chi connectivity index (χ0v) is 15.5. The quantitative estimate of drug-likeness (QED) is 0.688. The van der Waals surface area contributed by atoms with Gasteiger partial charge in [0.05, 0.1) is 18.7 Å². The number of Topliss-reactive ketones (excluding diaryl/α,β-unsaturated/α-hetero) is 1. The van der Waals surface area contributed by atoms with E-state index < -0.39 is 17.7 Å². The number of aromatic hydroxyl groups is 1. The highest BCUT2D eigenvalue weighted by molar-refractivity contribution is 6.09. The third-order valence-electron chi connectivity index (χ3n) is 4.36. The first-order valence-electron chi connectivity index (χ1n) is 8.47. The van der Waals surface area contributed by atoms with E-state index >= 15 is 0 Å². The highest BCUT2D eigenvalue weighted by Crippen LogP contribution is 2.41. The van der Waals surface area contributed by atoms with Crippen molar-refractivity contribution in [3.63, 3.8) is 0 Å². The Morgan fingerprint density at radius 2 is 1.96 bits per heavy atom. The summed E-state index contributed by atoms with van der Waals surface area (Å²) < 4.78 is 10.1. The van der Waals surface area contributed by atoms with E-state index in [0.717, 1.165) is 0 Å². The van der Waals surface area contributed by atoms with E-state index in [1.807, 2.05) is 0 Å². The topological polar surface area (TPSA) is 96.3 Å². The number of aliphatic hydroxyl groups is 1. The molecule has 1 heterocycles. The third-order valence-corrected chi connectivity index (χ3v) is 4.36. The van der Waals surface area contributed by atoms with Crippen LogP contribution < -0.4 is 4.74 Å². The van der Waals surface area contributed by atoms with Crippen molar-refractivity contribution in [1.82, 2.24) is 4.90 Å². The molecule has 0 aliphatic carbocycles. The number of carbonyl (C=O) groups excluding carboxylic acids is 2. The molecule has 7 nitrogen and oxygen atoms in total. The number of hydrogen-bond acceptors (Lipinski definition) is 6. The van der Waals surface area contributed by atoms with E-state index in [9.17, 15) is 19.8 Å². The van der Waals surface area contributed by atoms with E-state index in [2.05, 4.69) is 0 Å². The van der Waals surface area contributed by atoms with E-state index in [4.69, 9.17) is 9.47 Å². The summed E-state index contributed by atoms with van der Waals surface area (Å²) in [6.45, 7) is 4.17. The molecular weight excluding hydrogens is 338 g/mol. The zero-order valence-electron chi connectivity index (χ0n) is 15.5. The van der Waals surface area contributed by atoms with Crippen molar-refractivity contribution >= 4 is 11.7 Å². The fraction of sp³-hybridized carbons (Fsp3) is 0.474. The average molecular weight is 363 g/mol. The number of benzene rings is 1. The maximum absolute atomic E-state index is 12.7. The Morgan fingerprint density at radius 1 is 1.27 bits per heavy atom. The number of ether oxygens (including phenoxy) is 2. The lowest BCUT2D eigenvalue weighted by Gasteiger charge is -2.27. The molecule has 2 N–H and O–H groups in total. The summed E-state index contributed by atoms with van der Waals surface area (Å²) in [6, 6.07) is 3.93. The van der Waals surface area contributed by atoms with Gasteiger partial charge in [0.1, 0.15) is 0 Å². The van der Waals surface area contributed by atoms with Crippen molar-refractivity contribution < 1.29 is 29.3 Å². The predicted molar refractivity (Wildman–Crippen MR) is 95.1 cm³/mol. The molecule has 1 aliphatic rings. The molecule has 0 fully saturated rings. The van der Waals surface area contributed by atoms with Gasteiger partial charge in [0.15, 0.2) is 23.0 Å². The number of phenolic OH excluding ortho intramolecular Hbond substituents is 1. The smallest absolute Gasteiger partial charge is 0.290 e. The monoisotopic (exact) mass is 363 g/mol. The summed E-state index contributed by atoms with van der Waals surface area (Å²) in [5, 5.41) is 20.5. The van der Waals surface area contributed by atoms with Gasteiger partial charge >= 0.3 is 0 Å². The second kappa shape index (κ2) is 8.23. The standard InChI is InChI=1S/C19H25NO6/c1-11(2)17(22)15-16(12-6-7-14(26-4)13(21)10-12)20(8-5-9-25-3)19(24)18(15)23/h6-7,10-11,16,21,23H,5,8-9H2,1-4H3. The van der Waals surface area contributed by atoms with Gasteiger partial charge in [-0.3, -0.25) is 9.59 Å². The van der Waals surface area contributed by atoms with Crippen molar-refractivity contribution in [3.05, 3.63) is 35.1 Å². The van der Waals surface area contributed by atoms with Crippen LogP contribution in [-0.4, -0.2) is 54.2 Å². The van der Waals surface area contributed by atoms with Gasteiger partial charge in [-0.15, -0.1) is 0 Å². The number of ketones is 1. The number of hydrogen-bond donors (Lipinski definition) is 2. The molecule has 1 aliphatic heterocycles. The van der Waals surface area contributed by atoms with Crippen LogP contribution in [0.1, 0.15) is 31.9 Å². The number of aliphatic hydroxyl groups excluding tert-OH is 1. The molecule has 1 aromatic rings. The normalized spacial score (nSPS) is 17.3. The fourth-order valence-electron chi connectivity index (χ4n) is 3.05. The minimum Gasteiger partial charge on any atom is -0.504 e. The van der Waals surface area contributed by atoms with E-state index in [1.54, 1.807) is 33.1 Å². The molecule has 7 heteroatoms. The van der Waals surface area contributed by atoms with Crippen LogP contribution in [0.3, 0.4) is 0 Å². The van der Waals surface area contributed by atoms with Crippen LogP contribution >= 0.6 is 0 Å². The summed E-state index contributed by atoms with van der Waals surface area (Å²) in [5.74, 6) is -1.61. The number of nitrogens with zero attached hydrogens (tertiary/aromatic N) is 1. The van der Waals surface area contributed by atoms with Crippen LogP contribution in [0.2, 0.25) is 0 Å². The second-order valence-electron chi connectivity index (χ2n) is 6.46. The molecule has 1 amide bonds. The largest absolute Gasteiger partial charge is 0.504 e. The summed E-state index contributed by atoms with van der Waals surface area (Å²) in [4.78, 5) is 26.7. The lowest BCUT2D eigenvalue weighted by Crippen LogP contribution is -2.33. The SMILES string of the molecule is COCCCN1C(=O)C(O)=C(C(=O)C(C)C)C1c1ccc(OC)c(O)c1. The summed E-state index contributed by atoms with van der Waals surface area (Å²) in [5.41, 5.74) is 0.592. The van der Waals surface area contributed by atoms with Crippen molar-refractivity contribution in [2.45, 2.75) is 26.3 Å². The van der Waals surface area contributed by atoms with E-state index in [1.165, 1.54) is 18.1 Å². The first-order chi connectivity index (χ1) is 12.3. The van der Waals surface area contributed by atoms with Crippen LogP contribution in [0.5, 0.6) is 11.5 Å². The summed E-state index contributed by atoms with van der Waals surface area (Å²) in [6.07, 6.45) is 0.553. The number of methoxy groups -OCH3 is 2. The Kier molecular flexibility index (Phi) is 6.26. The van der Waals surface area contributed by atoms with Gasteiger partial charge in [-0.05, 0) is 24.1 Å². The van der Waals surface area contributed by atoms with Gasteiger partial charge in [-0.25, -0.2) is 0 Å². The Morgan fingerprint density at radius 3 is 2.50 bits per heavy atom. The third kappa shape index (κ3) is 3.67. The fourth-order valence-corrected chi connectivity index (χ4v) is 3.05. The molecule has 0 bridgehead atoms. The molecule has 1 unspecified atom stereocenters. The Bertz CT molecular complexity index is 725. The van der Waals surface area contributed by atoms with Crippen LogP contribution in [0.4, 0.5) is 0 Å². The van der Waals surface area contributed by atoms with Gasteiger partial charge in [-0.1, -0.05) is 19.9 Å². The van der Waals surface area contributed by atoms with Crippen molar-refractivity contribution in [3.8, 4) is 11.5 Å². The van der Waals surface area contributed by atoms with Crippen LogP contribution in [0.15, 0.2) is 29.5 Å². The van der Waals surface area contributed by atoms with Crippen LogP contribution in [0, 0.1) is 5.92 Å². The van der Waals surface area contributed by atoms with Gasteiger partial charge in [0.2, 0.25) is 0 Å². The van der Waals surface area contributed by atoms with E-state index in [0.29, 0.717) is 25.1 Å². The molecule has 2 rings (SSSR count). The maximum Gasteiger partial charge on any atom is 0.290 e. The number of carbonyl (C=O) groups is 2. The Labute approximate surface area is 152 Å². The second-order valence-corrected chi connectivity index (χ2v) is 6.46. The minimum absolute atomic E-state index is 0.0620. The number of rotatable bonds is 8. The molecule has 142 valence electrons. The average Bonchev–Trinajstić information content (AvgIpc) is 2.86. The number of amides is 1. The first-order valence-corrected chi connectivity index (χ1v) is 8.47. The Hall–Kier alpha value is -2.54. The Balaban J connectivity index is 2.50. The van der Waals surface area contributed by atoms with Crippen molar-refractivity contribution in [2.24, 2.45) is 5.92 Å². The number of phenols is 1. The van der Waals surface area contributed by atoms with Crippen molar-refractivity contribution in [1.29, 1.82) is 0 Å². The summed E-state index contributed by atoms with van der Waals surface area (Å²) >= 11 is 0. The van der Waals surface area contributed by atoms with Crippen molar-refractivity contribution in [2.75, 3.05) is 27.4 Å². The van der Waals surface area contributed by atoms with Gasteiger partial charge in [-0.2, -0.15) is 0 Å². The molecule has 1 atom stereocenters. The molecule has 0 aromatic heterocycles. The van der Waals surface area contributed by atoms with Crippen LogP contribution in [-0.2, 0) is 14.3 Å². The molecular formula is C19H25NO6. The molecule has 1 aromatic carbocycles. The van der Waals surface area contributed by atoms with Gasteiger partial charge < -0.3 is 24.6 Å². The van der Waals surface area contributed by atoms with Crippen LogP contribution in [0.25, 0.3) is 0 Å². The molecule has 0 saturated carbocycles. The van der Waals surface area contributed by atoms with Gasteiger partial charge in [0, 0.05) is 26.2 Å². The molecule has 0 saturated heterocycles. The summed E-state index contributed by atoms with van der Waals surface area (Å²) in [7, 11) is 3.00. The lowest BCUT2D eigenvalue weighted by atomic mass is 9.91. The molecule has 0 radical (unpaired) electrons. The van der Waals surface area contributed by atoms with E-state index in [-0.39, 0.29) is 28.8 Å². The predicted octanol–water partition coefficient (Wildman–Crippen LogP) is 2.36. The first kappa shape index (κ1) is 19.8. The lowest BCUT2D eigenvalue weighted by molar-refractivity contribution is -0.129.